The predicted octanol–water partition coefficient (Wildman–Crippen LogP) is 7.53. The smallest absolute Gasteiger partial charge is 0.0656 e. The van der Waals surface area contributed by atoms with E-state index in [9.17, 15) is 10.2 Å². The van der Waals surface area contributed by atoms with E-state index in [4.69, 9.17) is 0 Å². The summed E-state index contributed by atoms with van der Waals surface area (Å²) in [5.41, 5.74) is 1.73. The summed E-state index contributed by atoms with van der Waals surface area (Å²) in [6.45, 7) is 18.9. The van der Waals surface area contributed by atoms with E-state index in [1.807, 2.05) is 0 Å². The molecule has 4 aliphatic carbocycles. The Hall–Kier alpha value is -0.340. The van der Waals surface area contributed by atoms with Crippen molar-refractivity contribution in [2.24, 2.45) is 45.3 Å². The lowest BCUT2D eigenvalue weighted by molar-refractivity contribution is -0.207. The van der Waals surface area contributed by atoms with Gasteiger partial charge in [-0.05, 0) is 130 Å². The highest BCUT2D eigenvalue weighted by atomic mass is 16.3. The van der Waals surface area contributed by atoms with Crippen LogP contribution in [0.25, 0.3) is 0 Å². The minimum atomic E-state index is -0.580. The molecule has 0 spiro atoms. The maximum absolute atomic E-state index is 11.7. The molecule has 4 rings (SSSR count). The molecule has 184 valence electrons. The summed E-state index contributed by atoms with van der Waals surface area (Å²) < 4.78 is 0. The summed E-state index contributed by atoms with van der Waals surface area (Å²) in [5, 5.41) is 22.5. The molecule has 32 heavy (non-hydrogen) atoms. The second-order valence-corrected chi connectivity index (χ2v) is 14.4. The first-order valence-corrected chi connectivity index (χ1v) is 13.7. The molecule has 0 aliphatic heterocycles. The van der Waals surface area contributed by atoms with Crippen LogP contribution in [0.4, 0.5) is 0 Å². The van der Waals surface area contributed by atoms with E-state index in [0.717, 1.165) is 31.1 Å². The van der Waals surface area contributed by atoms with E-state index in [2.05, 4.69) is 61.5 Å². The molecule has 2 heteroatoms. The Labute approximate surface area is 198 Å². The van der Waals surface area contributed by atoms with Gasteiger partial charge in [-0.15, -0.1) is 0 Å². The molecule has 2 nitrogen and oxygen atoms in total. The second-order valence-electron chi connectivity index (χ2n) is 14.4. The van der Waals surface area contributed by atoms with Gasteiger partial charge in [0.1, 0.15) is 0 Å². The second kappa shape index (κ2) is 7.84. The third-order valence-corrected chi connectivity index (χ3v) is 12.4. The topological polar surface area (TPSA) is 40.5 Å². The molecule has 0 bridgehead atoms. The van der Waals surface area contributed by atoms with Crippen LogP contribution in [0.1, 0.15) is 120 Å². The van der Waals surface area contributed by atoms with Gasteiger partial charge in [-0.2, -0.15) is 0 Å². The molecule has 4 aliphatic rings. The first kappa shape index (κ1) is 24.8. The largest absolute Gasteiger partial charge is 0.393 e. The van der Waals surface area contributed by atoms with Crippen LogP contribution < -0.4 is 0 Å². The Balaban J connectivity index is 1.61. The van der Waals surface area contributed by atoms with Crippen LogP contribution in [0.5, 0.6) is 0 Å². The maximum Gasteiger partial charge on any atom is 0.0656 e. The van der Waals surface area contributed by atoms with Crippen LogP contribution >= 0.6 is 0 Å². The van der Waals surface area contributed by atoms with E-state index in [-0.39, 0.29) is 16.9 Å². The fourth-order valence-electron chi connectivity index (χ4n) is 10.3. The quantitative estimate of drug-likeness (QED) is 0.440. The van der Waals surface area contributed by atoms with Crippen molar-refractivity contribution in [1.29, 1.82) is 0 Å². The standard InChI is InChI=1S/C30H52O2/c1-20(2)10-9-16-30(8,32)24-14-19-28(6)22-11-12-23-26(3,4)25(31)15-17-27(23,5)21(22)13-18-29(24,28)7/h10,21-25,31-32H,9,11-19H2,1-8H3/t21-,22+,23+,24?,25+,27-,28+,29-,30+/m1/s1. The summed E-state index contributed by atoms with van der Waals surface area (Å²) >= 11 is 0. The summed E-state index contributed by atoms with van der Waals surface area (Å²) in [6.07, 6.45) is 13.8. The van der Waals surface area contributed by atoms with Gasteiger partial charge in [0.25, 0.3) is 0 Å². The van der Waals surface area contributed by atoms with Gasteiger partial charge in [-0.3, -0.25) is 0 Å². The van der Waals surface area contributed by atoms with Gasteiger partial charge in [-0.1, -0.05) is 46.3 Å². The Morgan fingerprint density at radius 3 is 2.19 bits per heavy atom. The van der Waals surface area contributed by atoms with E-state index in [0.29, 0.717) is 22.7 Å². The molecular weight excluding hydrogens is 392 g/mol. The number of allylic oxidation sites excluding steroid dienone is 2. The van der Waals surface area contributed by atoms with Crippen molar-refractivity contribution in [3.8, 4) is 0 Å². The minimum Gasteiger partial charge on any atom is -0.393 e. The van der Waals surface area contributed by atoms with E-state index >= 15 is 0 Å². The lowest BCUT2D eigenvalue weighted by atomic mass is 9.38. The van der Waals surface area contributed by atoms with Crippen molar-refractivity contribution >= 4 is 0 Å². The van der Waals surface area contributed by atoms with Crippen molar-refractivity contribution in [3.05, 3.63) is 11.6 Å². The third kappa shape index (κ3) is 3.40. The monoisotopic (exact) mass is 444 g/mol. The fourth-order valence-corrected chi connectivity index (χ4v) is 10.3. The number of hydrogen-bond donors (Lipinski definition) is 2. The number of hydrogen-bond acceptors (Lipinski definition) is 2. The van der Waals surface area contributed by atoms with Crippen molar-refractivity contribution in [3.63, 3.8) is 0 Å². The Bertz CT molecular complexity index is 746. The molecule has 0 saturated heterocycles. The summed E-state index contributed by atoms with van der Waals surface area (Å²) in [6, 6.07) is 0. The zero-order valence-corrected chi connectivity index (χ0v) is 22.4. The van der Waals surface area contributed by atoms with Gasteiger partial charge < -0.3 is 10.2 Å². The van der Waals surface area contributed by atoms with Gasteiger partial charge in [0.15, 0.2) is 0 Å². The SMILES string of the molecule is CC(C)=CCC[C@](C)(O)C1CC[C@@]2(C)[C@H]3CC[C@H]4C(C)(C)[C@@H](O)CC[C@]4(C)[C@@H]3CC[C@]12C. The molecule has 0 aromatic rings. The number of aliphatic hydroxyl groups is 2. The number of rotatable bonds is 4. The van der Waals surface area contributed by atoms with Gasteiger partial charge in [0.05, 0.1) is 11.7 Å². The molecule has 4 saturated carbocycles. The lowest BCUT2D eigenvalue weighted by Gasteiger charge is -2.67. The lowest BCUT2D eigenvalue weighted by Crippen LogP contribution is -2.62. The van der Waals surface area contributed by atoms with Crippen molar-refractivity contribution in [2.45, 2.75) is 131 Å². The highest BCUT2D eigenvalue weighted by Crippen LogP contribution is 2.75. The summed E-state index contributed by atoms with van der Waals surface area (Å²) in [4.78, 5) is 0. The molecule has 1 unspecified atom stereocenters. The molecule has 0 aromatic heterocycles. The normalized spacial score (nSPS) is 49.4. The van der Waals surface area contributed by atoms with Crippen molar-refractivity contribution < 1.29 is 10.2 Å². The zero-order valence-electron chi connectivity index (χ0n) is 22.4. The van der Waals surface area contributed by atoms with E-state index < -0.39 is 5.60 Å². The van der Waals surface area contributed by atoms with Crippen LogP contribution in [0.2, 0.25) is 0 Å². The summed E-state index contributed by atoms with van der Waals surface area (Å²) in [5.74, 6) is 2.59. The molecule has 0 radical (unpaired) electrons. The first-order chi connectivity index (χ1) is 14.7. The molecule has 0 amide bonds. The average molecular weight is 445 g/mol. The number of aliphatic hydroxyl groups excluding tert-OH is 1. The molecule has 4 fully saturated rings. The van der Waals surface area contributed by atoms with Gasteiger partial charge in [0, 0.05) is 0 Å². The van der Waals surface area contributed by atoms with E-state index in [1.54, 1.807) is 0 Å². The van der Waals surface area contributed by atoms with Crippen LogP contribution in [0.15, 0.2) is 11.6 Å². The molecule has 9 atom stereocenters. The molecule has 2 N–H and O–H groups in total. The highest BCUT2D eigenvalue weighted by molar-refractivity contribution is 5.17. The average Bonchev–Trinajstić information content (AvgIpc) is 2.97. The van der Waals surface area contributed by atoms with Crippen molar-refractivity contribution in [1.82, 2.24) is 0 Å². The molecular formula is C30H52O2. The first-order valence-electron chi connectivity index (χ1n) is 13.7. The van der Waals surface area contributed by atoms with Crippen LogP contribution in [-0.2, 0) is 0 Å². The highest BCUT2D eigenvalue weighted by Gasteiger charge is 2.68. The van der Waals surface area contributed by atoms with Crippen LogP contribution in [0.3, 0.4) is 0 Å². The minimum absolute atomic E-state index is 0.0342. The Morgan fingerprint density at radius 1 is 0.875 bits per heavy atom. The maximum atomic E-state index is 11.7. The van der Waals surface area contributed by atoms with Crippen LogP contribution in [-0.4, -0.2) is 21.9 Å². The Kier molecular flexibility index (Phi) is 6.07. The fraction of sp³-hybridized carbons (Fsp3) is 0.933. The Morgan fingerprint density at radius 2 is 1.53 bits per heavy atom. The van der Waals surface area contributed by atoms with Gasteiger partial charge in [0.2, 0.25) is 0 Å². The molecule has 0 heterocycles. The van der Waals surface area contributed by atoms with Crippen LogP contribution in [0, 0.1) is 45.3 Å². The third-order valence-electron chi connectivity index (χ3n) is 12.4. The summed E-state index contributed by atoms with van der Waals surface area (Å²) in [7, 11) is 0. The van der Waals surface area contributed by atoms with E-state index in [1.165, 1.54) is 50.5 Å². The number of fused-ring (bicyclic) bond motifs is 5. The molecule has 0 aromatic carbocycles. The van der Waals surface area contributed by atoms with Gasteiger partial charge in [-0.25, -0.2) is 0 Å². The van der Waals surface area contributed by atoms with Gasteiger partial charge >= 0.3 is 0 Å². The zero-order chi connectivity index (χ0) is 23.7. The van der Waals surface area contributed by atoms with Crippen molar-refractivity contribution in [2.75, 3.05) is 0 Å². The predicted molar refractivity (Wildman–Crippen MR) is 134 cm³/mol.